The highest BCUT2D eigenvalue weighted by atomic mass is 16.1. The van der Waals surface area contributed by atoms with Crippen molar-refractivity contribution in [3.05, 3.63) is 23.9 Å². The zero-order valence-electron chi connectivity index (χ0n) is 10.8. The zero-order chi connectivity index (χ0) is 12.4. The molecular formula is C14H20N2O. The van der Waals surface area contributed by atoms with Crippen LogP contribution in [0.3, 0.4) is 0 Å². The molecule has 0 bridgehead atoms. The zero-order valence-corrected chi connectivity index (χ0v) is 10.8. The van der Waals surface area contributed by atoms with Crippen LogP contribution in [0.15, 0.2) is 18.3 Å². The molecule has 1 fully saturated rings. The smallest absolute Gasteiger partial charge is 0.163 e. The summed E-state index contributed by atoms with van der Waals surface area (Å²) in [5.74, 6) is 0.971. The second kappa shape index (κ2) is 4.86. The first-order valence-corrected chi connectivity index (χ1v) is 6.39. The number of nitrogens with zero attached hydrogens (tertiary/aromatic N) is 2. The van der Waals surface area contributed by atoms with Gasteiger partial charge in [-0.3, -0.25) is 4.79 Å². The van der Waals surface area contributed by atoms with E-state index in [0.717, 1.165) is 17.8 Å². The predicted octanol–water partition coefficient (Wildman–Crippen LogP) is 3.05. The lowest BCUT2D eigenvalue weighted by Gasteiger charge is -2.30. The number of hydrogen-bond acceptors (Lipinski definition) is 3. The van der Waals surface area contributed by atoms with Gasteiger partial charge in [-0.15, -0.1) is 0 Å². The van der Waals surface area contributed by atoms with E-state index in [0.29, 0.717) is 12.1 Å². The SMILES string of the molecule is CCC1CCC(C)N1c1ncccc1C(C)=O. The summed E-state index contributed by atoms with van der Waals surface area (Å²) in [6.07, 6.45) is 5.27. The van der Waals surface area contributed by atoms with Gasteiger partial charge in [0.1, 0.15) is 5.82 Å². The monoisotopic (exact) mass is 232 g/mol. The van der Waals surface area contributed by atoms with E-state index in [9.17, 15) is 4.79 Å². The Morgan fingerprint density at radius 2 is 2.29 bits per heavy atom. The van der Waals surface area contributed by atoms with E-state index in [1.165, 1.54) is 12.8 Å². The molecule has 0 aliphatic carbocycles. The minimum atomic E-state index is 0.0991. The van der Waals surface area contributed by atoms with Crippen LogP contribution in [0.5, 0.6) is 0 Å². The summed E-state index contributed by atoms with van der Waals surface area (Å²) in [5, 5.41) is 0. The Morgan fingerprint density at radius 1 is 1.53 bits per heavy atom. The van der Waals surface area contributed by atoms with Gasteiger partial charge in [-0.1, -0.05) is 6.92 Å². The number of anilines is 1. The van der Waals surface area contributed by atoms with Crippen LogP contribution < -0.4 is 4.90 Å². The summed E-state index contributed by atoms with van der Waals surface area (Å²) in [7, 11) is 0. The van der Waals surface area contributed by atoms with Crippen LogP contribution in [-0.4, -0.2) is 22.9 Å². The Labute approximate surface area is 103 Å². The Morgan fingerprint density at radius 3 is 2.94 bits per heavy atom. The Bertz CT molecular complexity index is 416. The summed E-state index contributed by atoms with van der Waals surface area (Å²) in [6.45, 7) is 6.03. The third-order valence-corrected chi connectivity index (χ3v) is 3.67. The van der Waals surface area contributed by atoms with Crippen LogP contribution in [0.1, 0.15) is 50.4 Å². The Balaban J connectivity index is 2.41. The maximum atomic E-state index is 11.7. The summed E-state index contributed by atoms with van der Waals surface area (Å²) in [5.41, 5.74) is 0.750. The van der Waals surface area contributed by atoms with Crippen LogP contribution in [0.25, 0.3) is 0 Å². The third kappa shape index (κ3) is 2.19. The lowest BCUT2D eigenvalue weighted by molar-refractivity contribution is 0.101. The first kappa shape index (κ1) is 12.1. The van der Waals surface area contributed by atoms with Crippen molar-refractivity contribution >= 4 is 11.6 Å². The fourth-order valence-electron chi connectivity index (χ4n) is 2.73. The molecule has 0 saturated carbocycles. The molecular weight excluding hydrogens is 212 g/mol. The number of ketones is 1. The topological polar surface area (TPSA) is 33.2 Å². The summed E-state index contributed by atoms with van der Waals surface area (Å²) in [6, 6.07) is 4.72. The molecule has 0 amide bonds. The normalized spacial score (nSPS) is 24.1. The van der Waals surface area contributed by atoms with Crippen molar-refractivity contribution < 1.29 is 4.79 Å². The number of rotatable bonds is 3. The van der Waals surface area contributed by atoms with Gasteiger partial charge in [-0.2, -0.15) is 0 Å². The van der Waals surface area contributed by atoms with E-state index < -0.39 is 0 Å². The first-order valence-electron chi connectivity index (χ1n) is 6.39. The number of carbonyl (C=O) groups excluding carboxylic acids is 1. The third-order valence-electron chi connectivity index (χ3n) is 3.67. The predicted molar refractivity (Wildman–Crippen MR) is 69.5 cm³/mol. The van der Waals surface area contributed by atoms with Crippen LogP contribution in [0.2, 0.25) is 0 Å². The van der Waals surface area contributed by atoms with E-state index in [1.807, 2.05) is 12.1 Å². The fraction of sp³-hybridized carbons (Fsp3) is 0.571. The standard InChI is InChI=1S/C14H20N2O/c1-4-12-8-7-10(2)16(12)14-13(11(3)17)6-5-9-15-14/h5-6,9-10,12H,4,7-8H2,1-3H3. The van der Waals surface area contributed by atoms with Gasteiger partial charge in [0.05, 0.1) is 5.56 Å². The maximum Gasteiger partial charge on any atom is 0.163 e. The van der Waals surface area contributed by atoms with Gasteiger partial charge in [0.25, 0.3) is 0 Å². The van der Waals surface area contributed by atoms with E-state index in [4.69, 9.17) is 0 Å². The Kier molecular flexibility index (Phi) is 3.46. The summed E-state index contributed by atoms with van der Waals surface area (Å²) in [4.78, 5) is 18.4. The van der Waals surface area contributed by atoms with Crippen molar-refractivity contribution in [1.82, 2.24) is 4.98 Å². The molecule has 2 heterocycles. The van der Waals surface area contributed by atoms with Crippen molar-refractivity contribution in [2.75, 3.05) is 4.90 Å². The van der Waals surface area contributed by atoms with E-state index >= 15 is 0 Å². The van der Waals surface area contributed by atoms with Crippen molar-refractivity contribution in [3.63, 3.8) is 0 Å². The largest absolute Gasteiger partial charge is 0.350 e. The minimum absolute atomic E-state index is 0.0991. The van der Waals surface area contributed by atoms with Crippen molar-refractivity contribution in [2.24, 2.45) is 0 Å². The number of Topliss-reactive ketones (excluding diaryl/α,β-unsaturated/α-hetero) is 1. The van der Waals surface area contributed by atoms with E-state index in [2.05, 4.69) is 23.7 Å². The van der Waals surface area contributed by atoms with Crippen molar-refractivity contribution in [3.8, 4) is 0 Å². The van der Waals surface area contributed by atoms with E-state index in [1.54, 1.807) is 13.1 Å². The molecule has 1 saturated heterocycles. The van der Waals surface area contributed by atoms with Gasteiger partial charge < -0.3 is 4.90 Å². The number of carbonyl (C=O) groups is 1. The maximum absolute atomic E-state index is 11.7. The van der Waals surface area contributed by atoms with Gasteiger partial charge >= 0.3 is 0 Å². The molecule has 1 aromatic rings. The number of pyridine rings is 1. The highest BCUT2D eigenvalue weighted by Crippen LogP contribution is 2.32. The lowest BCUT2D eigenvalue weighted by Crippen LogP contribution is -2.35. The molecule has 0 aromatic carbocycles. The highest BCUT2D eigenvalue weighted by Gasteiger charge is 2.32. The molecule has 2 unspecified atom stereocenters. The molecule has 3 heteroatoms. The van der Waals surface area contributed by atoms with Gasteiger partial charge in [0, 0.05) is 18.3 Å². The van der Waals surface area contributed by atoms with Crippen LogP contribution in [0.4, 0.5) is 5.82 Å². The van der Waals surface area contributed by atoms with Gasteiger partial charge in [0.2, 0.25) is 0 Å². The van der Waals surface area contributed by atoms with Crippen LogP contribution >= 0.6 is 0 Å². The molecule has 2 rings (SSSR count). The van der Waals surface area contributed by atoms with Gasteiger partial charge in [-0.25, -0.2) is 4.98 Å². The molecule has 0 radical (unpaired) electrons. The number of aromatic nitrogens is 1. The quantitative estimate of drug-likeness (QED) is 0.751. The average Bonchev–Trinajstić information content (AvgIpc) is 2.70. The average molecular weight is 232 g/mol. The molecule has 1 aromatic heterocycles. The lowest BCUT2D eigenvalue weighted by atomic mass is 10.1. The van der Waals surface area contributed by atoms with Crippen LogP contribution in [0, 0.1) is 0 Å². The van der Waals surface area contributed by atoms with E-state index in [-0.39, 0.29) is 5.78 Å². The van der Waals surface area contributed by atoms with Crippen molar-refractivity contribution in [1.29, 1.82) is 0 Å². The number of hydrogen-bond donors (Lipinski definition) is 0. The molecule has 0 N–H and O–H groups in total. The van der Waals surface area contributed by atoms with Crippen molar-refractivity contribution in [2.45, 2.75) is 52.1 Å². The molecule has 3 nitrogen and oxygen atoms in total. The van der Waals surface area contributed by atoms with Gasteiger partial charge in [0.15, 0.2) is 5.78 Å². The Hall–Kier alpha value is -1.38. The summed E-state index contributed by atoms with van der Waals surface area (Å²) < 4.78 is 0. The molecule has 2 atom stereocenters. The molecule has 17 heavy (non-hydrogen) atoms. The molecule has 1 aliphatic heterocycles. The highest BCUT2D eigenvalue weighted by molar-refractivity contribution is 5.98. The van der Waals surface area contributed by atoms with Crippen LogP contribution in [-0.2, 0) is 0 Å². The second-order valence-electron chi connectivity index (χ2n) is 4.83. The molecule has 1 aliphatic rings. The first-order chi connectivity index (χ1) is 8.15. The molecule has 0 spiro atoms. The fourth-order valence-corrected chi connectivity index (χ4v) is 2.73. The van der Waals surface area contributed by atoms with Gasteiger partial charge in [-0.05, 0) is 45.2 Å². The molecule has 92 valence electrons. The minimum Gasteiger partial charge on any atom is -0.350 e. The summed E-state index contributed by atoms with van der Waals surface area (Å²) >= 11 is 0. The second-order valence-corrected chi connectivity index (χ2v) is 4.83.